The van der Waals surface area contributed by atoms with Crippen LogP contribution in [0.25, 0.3) is 0 Å². The van der Waals surface area contributed by atoms with Gasteiger partial charge in [0.05, 0.1) is 5.75 Å². The largest absolute Gasteiger partial charge is 0.332 e. The third-order valence-corrected chi connectivity index (χ3v) is 3.97. The van der Waals surface area contributed by atoms with Gasteiger partial charge in [-0.15, -0.1) is 0 Å². The summed E-state index contributed by atoms with van der Waals surface area (Å²) < 4.78 is 25.7. The molecule has 0 aromatic heterocycles. The molecular weight excluding hydrogens is 499 g/mol. The predicted molar refractivity (Wildman–Crippen MR) is 56.4 cm³/mol. The molecule has 16 heavy (non-hydrogen) atoms. The van der Waals surface area contributed by atoms with Crippen molar-refractivity contribution >= 4 is 32.3 Å². The minimum absolute atomic E-state index is 0. The van der Waals surface area contributed by atoms with Gasteiger partial charge in [-0.2, -0.15) is 0 Å². The second-order valence-electron chi connectivity index (χ2n) is 2.16. The van der Waals surface area contributed by atoms with Gasteiger partial charge in [0.15, 0.2) is 8.03 Å². The van der Waals surface area contributed by atoms with Crippen LogP contribution in [0, 0.1) is 0 Å². The molecule has 0 aliphatic heterocycles. The first-order valence-corrected chi connectivity index (χ1v) is 8.99. The summed E-state index contributed by atoms with van der Waals surface area (Å²) in [5.41, 5.74) is 0. The van der Waals surface area contributed by atoms with Gasteiger partial charge in [-0.25, -0.2) is 0 Å². The fraction of sp³-hybridized carbons (Fsp3) is 0.800. The second-order valence-corrected chi connectivity index (χ2v) is 7.58. The molecule has 0 saturated carbocycles. The summed E-state index contributed by atoms with van der Waals surface area (Å²) >= 11 is 1.11. The molecule has 0 rings (SSSR count). The number of nitrogens with one attached hydrogen (secondary N) is 1. The maximum atomic E-state index is 10.9. The molecule has 2 atom stereocenters. The Morgan fingerprint density at radius 3 is 2.12 bits per heavy atom. The average Bonchev–Trinajstić information content (AvgIpc) is 2.00. The van der Waals surface area contributed by atoms with Crippen molar-refractivity contribution in [3.8, 4) is 0 Å². The fourth-order valence-electron chi connectivity index (χ4n) is 0.436. The molecule has 0 spiro atoms. The molecule has 2 unspecified atom stereocenters. The second kappa shape index (κ2) is 18.6. The number of rotatable bonds is 6. The van der Waals surface area contributed by atoms with Gasteiger partial charge in [0.1, 0.15) is 13.7 Å². The normalized spacial score (nSPS) is 12.1. The maximum Gasteiger partial charge on any atom is 0.232 e. The van der Waals surface area contributed by atoms with Crippen LogP contribution in [0.1, 0.15) is 0 Å². The molecule has 1 amide bonds. The van der Waals surface area contributed by atoms with Gasteiger partial charge in [-0.3, -0.25) is 9.36 Å². The number of hydrogen-bond donors (Lipinski definition) is 1. The van der Waals surface area contributed by atoms with Crippen LogP contribution in [0.3, 0.4) is 0 Å². The van der Waals surface area contributed by atoms with E-state index < -0.39 is 15.0 Å². The first kappa shape index (κ1) is 27.8. The number of carbonyl (C=O) groups is 1. The zero-order chi connectivity index (χ0) is 10.3. The standard InChI is InChI=1S/C5H13NO4P2S.3Y/c1-11(8)10-4-6-5(7)3-13-12(2)9;;;/h11-12H,3-4H2,1-2H3,(H,6,7);;;. The van der Waals surface area contributed by atoms with Gasteiger partial charge in [-0.05, 0) is 6.66 Å². The summed E-state index contributed by atoms with van der Waals surface area (Å²) in [6.45, 7) is 2.97. The average molecular weight is 512 g/mol. The SMILES string of the molecule is C[PH](=O)OCNC(=O)CS[PH](C)=O.[Y].[Y].[Y]. The molecule has 0 heterocycles. The van der Waals surface area contributed by atoms with Gasteiger partial charge in [0.25, 0.3) is 0 Å². The molecule has 0 aliphatic carbocycles. The Hall–Kier alpha value is 3.55. The molecule has 87 valence electrons. The third kappa shape index (κ3) is 22.7. The minimum atomic E-state index is -1.99. The summed E-state index contributed by atoms with van der Waals surface area (Å²) in [4.78, 5) is 10.9. The summed E-state index contributed by atoms with van der Waals surface area (Å²) in [6, 6.07) is 0. The van der Waals surface area contributed by atoms with Crippen molar-refractivity contribution in [2.24, 2.45) is 0 Å². The molecule has 1 N–H and O–H groups in total. The van der Waals surface area contributed by atoms with Crippen molar-refractivity contribution in [1.29, 1.82) is 0 Å². The molecule has 0 aliphatic rings. The topological polar surface area (TPSA) is 72.5 Å². The Morgan fingerprint density at radius 1 is 1.25 bits per heavy atom. The number of hydrogen-bond acceptors (Lipinski definition) is 5. The van der Waals surface area contributed by atoms with E-state index in [4.69, 9.17) is 0 Å². The molecule has 0 saturated heterocycles. The molecule has 0 aromatic rings. The van der Waals surface area contributed by atoms with Gasteiger partial charge >= 0.3 is 0 Å². The van der Waals surface area contributed by atoms with Crippen LogP contribution in [0.5, 0.6) is 0 Å². The molecule has 0 aromatic carbocycles. The number of amides is 1. The molecule has 0 bridgehead atoms. The first-order valence-electron chi connectivity index (χ1n) is 3.56. The predicted octanol–water partition coefficient (Wildman–Crippen LogP) is 1.01. The van der Waals surface area contributed by atoms with E-state index in [2.05, 4.69) is 9.84 Å². The Labute approximate surface area is 177 Å². The fourth-order valence-corrected chi connectivity index (χ4v) is 2.15. The van der Waals surface area contributed by atoms with E-state index in [1.165, 1.54) is 6.66 Å². The van der Waals surface area contributed by atoms with Crippen LogP contribution in [0.2, 0.25) is 0 Å². The van der Waals surface area contributed by atoms with E-state index in [1.807, 2.05) is 0 Å². The smallest absolute Gasteiger partial charge is 0.232 e. The van der Waals surface area contributed by atoms with Crippen molar-refractivity contribution in [2.75, 3.05) is 25.8 Å². The Balaban J connectivity index is -0.000000240. The van der Waals surface area contributed by atoms with E-state index in [-0.39, 0.29) is 117 Å². The van der Waals surface area contributed by atoms with Crippen LogP contribution >= 0.6 is 26.4 Å². The maximum absolute atomic E-state index is 10.9. The van der Waals surface area contributed by atoms with Gasteiger partial charge in [0, 0.05) is 105 Å². The van der Waals surface area contributed by atoms with E-state index >= 15 is 0 Å². The van der Waals surface area contributed by atoms with E-state index in [0.29, 0.717) is 0 Å². The molecular formula is C5H13NO4P2SY3. The Bertz CT molecular complexity index is 234. The number of carbonyl (C=O) groups excluding carboxylic acids is 1. The van der Waals surface area contributed by atoms with Crippen LogP contribution in [0.4, 0.5) is 0 Å². The van der Waals surface area contributed by atoms with Crippen molar-refractivity contribution < 1.29 is 117 Å². The van der Waals surface area contributed by atoms with E-state index in [0.717, 1.165) is 11.4 Å². The van der Waals surface area contributed by atoms with Crippen LogP contribution in [-0.2, 0) is 117 Å². The summed E-state index contributed by atoms with van der Waals surface area (Å²) in [7, 11) is -3.65. The summed E-state index contributed by atoms with van der Waals surface area (Å²) in [5.74, 6) is -0.101. The van der Waals surface area contributed by atoms with Crippen molar-refractivity contribution in [3.63, 3.8) is 0 Å². The van der Waals surface area contributed by atoms with Crippen LogP contribution in [0.15, 0.2) is 0 Å². The van der Waals surface area contributed by atoms with Crippen LogP contribution < -0.4 is 5.32 Å². The van der Waals surface area contributed by atoms with Gasteiger partial charge in [-0.1, -0.05) is 11.4 Å². The minimum Gasteiger partial charge on any atom is -0.332 e. The van der Waals surface area contributed by atoms with E-state index in [1.54, 1.807) is 6.66 Å². The third-order valence-electron chi connectivity index (χ3n) is 0.951. The summed E-state index contributed by atoms with van der Waals surface area (Å²) in [5, 5.41) is 2.39. The quantitative estimate of drug-likeness (QED) is 0.426. The van der Waals surface area contributed by atoms with Crippen molar-refractivity contribution in [1.82, 2.24) is 5.32 Å². The van der Waals surface area contributed by atoms with Gasteiger partial charge < -0.3 is 14.4 Å². The van der Waals surface area contributed by atoms with Crippen molar-refractivity contribution in [3.05, 3.63) is 0 Å². The molecule has 3 radical (unpaired) electrons. The Kier molecular flexibility index (Phi) is 32.3. The Morgan fingerprint density at radius 2 is 1.75 bits per heavy atom. The van der Waals surface area contributed by atoms with Crippen molar-refractivity contribution in [2.45, 2.75) is 0 Å². The molecule has 5 nitrogen and oxygen atoms in total. The van der Waals surface area contributed by atoms with Gasteiger partial charge in [0.2, 0.25) is 5.91 Å². The summed E-state index contributed by atoms with van der Waals surface area (Å²) in [6.07, 6.45) is 0. The van der Waals surface area contributed by atoms with E-state index in [9.17, 15) is 13.9 Å². The first-order chi connectivity index (χ1) is 6.02. The zero-order valence-corrected chi connectivity index (χ0v) is 20.5. The monoisotopic (exact) mass is 512 g/mol. The van der Waals surface area contributed by atoms with Crippen LogP contribution in [-0.4, -0.2) is 31.7 Å². The zero-order valence-electron chi connectivity index (χ0n) is 9.19. The molecule has 0 fully saturated rings. The molecule has 11 heteroatoms.